The number of hydrogen-bond donors (Lipinski definition) is 2. The first-order valence-corrected chi connectivity index (χ1v) is 8.85. The Morgan fingerprint density at radius 3 is 2.68 bits per heavy atom. The Morgan fingerprint density at radius 2 is 2.00 bits per heavy atom. The predicted octanol–water partition coefficient (Wildman–Crippen LogP) is 3.94. The molecule has 1 aromatic carbocycles. The van der Waals surface area contributed by atoms with Crippen LogP contribution in [0.3, 0.4) is 0 Å². The maximum atomic E-state index is 11.9. The normalized spacial score (nSPS) is 12.2. The maximum Gasteiger partial charge on any atom is 0.233 e. The Hall–Kier alpha value is -1.31. The van der Waals surface area contributed by atoms with Crippen molar-refractivity contribution in [3.8, 4) is 0 Å². The zero-order valence-electron chi connectivity index (χ0n) is 12.5. The van der Waals surface area contributed by atoms with Gasteiger partial charge in [-0.25, -0.2) is 0 Å². The topological polar surface area (TPSA) is 66.9 Å². The quantitative estimate of drug-likeness (QED) is 0.767. The van der Waals surface area contributed by atoms with E-state index in [1.165, 1.54) is 23.1 Å². The van der Waals surface area contributed by atoms with E-state index in [4.69, 9.17) is 11.6 Å². The molecule has 1 aromatic heterocycles. The summed E-state index contributed by atoms with van der Waals surface area (Å²) in [5.41, 5.74) is 0.780. The van der Waals surface area contributed by atoms with Crippen molar-refractivity contribution in [2.24, 2.45) is 0 Å². The van der Waals surface area contributed by atoms with Gasteiger partial charge in [0.05, 0.1) is 16.0 Å². The molecule has 0 saturated carbocycles. The first-order chi connectivity index (χ1) is 10.5. The lowest BCUT2D eigenvalue weighted by molar-refractivity contribution is -0.120. The van der Waals surface area contributed by atoms with E-state index in [1.807, 2.05) is 39.0 Å². The molecule has 118 valence electrons. The van der Waals surface area contributed by atoms with Crippen molar-refractivity contribution in [2.75, 3.05) is 5.32 Å². The number of amides is 1. The van der Waals surface area contributed by atoms with Crippen molar-refractivity contribution >= 4 is 51.4 Å². The number of anilines is 2. The molecule has 2 rings (SSSR count). The number of para-hydroxylation sites is 1. The molecule has 1 amide bonds. The molecule has 0 bridgehead atoms. The van der Waals surface area contributed by atoms with Crippen LogP contribution in [0, 0.1) is 0 Å². The van der Waals surface area contributed by atoms with Gasteiger partial charge in [-0.15, -0.1) is 10.2 Å². The van der Waals surface area contributed by atoms with Crippen molar-refractivity contribution in [3.63, 3.8) is 0 Å². The number of halogens is 1. The lowest BCUT2D eigenvalue weighted by atomic mass is 10.3. The molecule has 0 aliphatic heterocycles. The van der Waals surface area contributed by atoms with Crippen LogP contribution in [0.4, 0.5) is 10.8 Å². The standard InChI is InChI=1S/C14H17ClN4OS2/c1-8(2)16-12(20)9(3)21-14-19-18-13(22-14)17-11-7-5-4-6-10(11)15/h4-9H,1-3H3,(H,16,20)(H,17,18)/t9-/m1/s1. The van der Waals surface area contributed by atoms with Gasteiger partial charge in [-0.1, -0.05) is 46.8 Å². The van der Waals surface area contributed by atoms with E-state index in [2.05, 4.69) is 20.8 Å². The van der Waals surface area contributed by atoms with Crippen LogP contribution in [0.2, 0.25) is 5.02 Å². The molecule has 0 radical (unpaired) electrons. The van der Waals surface area contributed by atoms with E-state index in [1.54, 1.807) is 6.07 Å². The molecule has 0 saturated heterocycles. The van der Waals surface area contributed by atoms with Crippen molar-refractivity contribution in [3.05, 3.63) is 29.3 Å². The summed E-state index contributed by atoms with van der Waals surface area (Å²) in [6.45, 7) is 5.72. The number of thioether (sulfide) groups is 1. The molecule has 0 spiro atoms. The van der Waals surface area contributed by atoms with Crippen molar-refractivity contribution in [1.82, 2.24) is 15.5 Å². The minimum Gasteiger partial charge on any atom is -0.353 e. The molecule has 0 aliphatic carbocycles. The van der Waals surface area contributed by atoms with Gasteiger partial charge < -0.3 is 10.6 Å². The molecule has 2 N–H and O–H groups in total. The molecule has 8 heteroatoms. The zero-order valence-corrected chi connectivity index (χ0v) is 14.9. The number of hydrogen-bond acceptors (Lipinski definition) is 6. The largest absolute Gasteiger partial charge is 0.353 e. The van der Waals surface area contributed by atoms with Gasteiger partial charge >= 0.3 is 0 Å². The Balaban J connectivity index is 1.97. The Morgan fingerprint density at radius 1 is 1.27 bits per heavy atom. The van der Waals surface area contributed by atoms with E-state index in [-0.39, 0.29) is 17.2 Å². The Bertz CT molecular complexity index is 647. The second-order valence-electron chi connectivity index (χ2n) is 4.90. The molecule has 1 atom stereocenters. The summed E-state index contributed by atoms with van der Waals surface area (Å²) in [5, 5.41) is 15.2. The highest BCUT2D eigenvalue weighted by atomic mass is 35.5. The smallest absolute Gasteiger partial charge is 0.233 e. The van der Waals surface area contributed by atoms with Crippen LogP contribution in [0.15, 0.2) is 28.6 Å². The van der Waals surface area contributed by atoms with Crippen molar-refractivity contribution in [1.29, 1.82) is 0 Å². The SMILES string of the molecule is CC(C)NC(=O)[C@@H](C)Sc1nnc(Nc2ccccc2Cl)s1. The van der Waals surface area contributed by atoms with Gasteiger partial charge in [-0.3, -0.25) is 4.79 Å². The van der Waals surface area contributed by atoms with Gasteiger partial charge in [-0.05, 0) is 32.9 Å². The summed E-state index contributed by atoms with van der Waals surface area (Å²) in [6, 6.07) is 7.56. The van der Waals surface area contributed by atoms with Gasteiger partial charge in [0, 0.05) is 6.04 Å². The van der Waals surface area contributed by atoms with Crippen LogP contribution < -0.4 is 10.6 Å². The lowest BCUT2D eigenvalue weighted by Gasteiger charge is -2.12. The number of rotatable bonds is 6. The summed E-state index contributed by atoms with van der Waals surface area (Å²) < 4.78 is 0.737. The summed E-state index contributed by atoms with van der Waals surface area (Å²) in [4.78, 5) is 11.9. The summed E-state index contributed by atoms with van der Waals surface area (Å²) in [5.74, 6) is -0.00388. The van der Waals surface area contributed by atoms with Crippen LogP contribution in [0.1, 0.15) is 20.8 Å². The Kier molecular flexibility index (Phi) is 6.05. The molecule has 22 heavy (non-hydrogen) atoms. The average Bonchev–Trinajstić information content (AvgIpc) is 2.88. The fraction of sp³-hybridized carbons (Fsp3) is 0.357. The highest BCUT2D eigenvalue weighted by Gasteiger charge is 2.17. The number of aromatic nitrogens is 2. The highest BCUT2D eigenvalue weighted by Crippen LogP contribution is 2.32. The summed E-state index contributed by atoms with van der Waals surface area (Å²) >= 11 is 8.87. The number of benzene rings is 1. The van der Waals surface area contributed by atoms with Gasteiger partial charge in [-0.2, -0.15) is 0 Å². The number of nitrogens with zero attached hydrogens (tertiary/aromatic N) is 2. The summed E-state index contributed by atoms with van der Waals surface area (Å²) in [7, 11) is 0. The molecular weight excluding hydrogens is 340 g/mol. The van der Waals surface area contributed by atoms with E-state index >= 15 is 0 Å². The third-order valence-electron chi connectivity index (χ3n) is 2.60. The van der Waals surface area contributed by atoms with E-state index in [0.29, 0.717) is 10.2 Å². The fourth-order valence-electron chi connectivity index (χ4n) is 1.59. The van der Waals surface area contributed by atoms with Crippen LogP contribution >= 0.6 is 34.7 Å². The molecule has 5 nitrogen and oxygen atoms in total. The van der Waals surface area contributed by atoms with Crippen molar-refractivity contribution in [2.45, 2.75) is 36.4 Å². The number of carbonyl (C=O) groups is 1. The second kappa shape index (κ2) is 7.80. The third kappa shape index (κ3) is 4.86. The molecular formula is C14H17ClN4OS2. The highest BCUT2D eigenvalue weighted by molar-refractivity contribution is 8.02. The molecule has 1 heterocycles. The molecule has 0 unspecified atom stereocenters. The van der Waals surface area contributed by atoms with Gasteiger partial charge in [0.15, 0.2) is 4.34 Å². The average molecular weight is 357 g/mol. The van der Waals surface area contributed by atoms with Gasteiger partial charge in [0.25, 0.3) is 0 Å². The minimum absolute atomic E-state index is 0.00388. The first-order valence-electron chi connectivity index (χ1n) is 6.78. The fourth-order valence-corrected chi connectivity index (χ4v) is 3.69. The van der Waals surface area contributed by atoms with Crippen molar-refractivity contribution < 1.29 is 4.79 Å². The van der Waals surface area contributed by atoms with Crippen LogP contribution in [-0.4, -0.2) is 27.4 Å². The summed E-state index contributed by atoms with van der Waals surface area (Å²) in [6.07, 6.45) is 0. The minimum atomic E-state index is -0.219. The van der Waals surface area contributed by atoms with Gasteiger partial charge in [0.2, 0.25) is 11.0 Å². The molecule has 0 fully saturated rings. The molecule has 2 aromatic rings. The molecule has 0 aliphatic rings. The van der Waals surface area contributed by atoms with Crippen LogP contribution in [-0.2, 0) is 4.79 Å². The van der Waals surface area contributed by atoms with E-state index < -0.39 is 0 Å². The van der Waals surface area contributed by atoms with Crippen LogP contribution in [0.25, 0.3) is 0 Å². The number of nitrogens with one attached hydrogen (secondary N) is 2. The lowest BCUT2D eigenvalue weighted by Crippen LogP contribution is -2.35. The monoisotopic (exact) mass is 356 g/mol. The van der Waals surface area contributed by atoms with Crippen LogP contribution in [0.5, 0.6) is 0 Å². The zero-order chi connectivity index (χ0) is 16.1. The van der Waals surface area contributed by atoms with E-state index in [9.17, 15) is 4.79 Å². The first kappa shape index (κ1) is 17.1. The maximum absolute atomic E-state index is 11.9. The predicted molar refractivity (Wildman–Crippen MR) is 93.2 cm³/mol. The number of carbonyl (C=O) groups excluding carboxylic acids is 1. The second-order valence-corrected chi connectivity index (χ2v) is 7.87. The van der Waals surface area contributed by atoms with Gasteiger partial charge in [0.1, 0.15) is 0 Å². The Labute approximate surface area is 142 Å². The van der Waals surface area contributed by atoms with E-state index in [0.717, 1.165) is 10.0 Å². The third-order valence-corrected chi connectivity index (χ3v) is 4.95.